The summed E-state index contributed by atoms with van der Waals surface area (Å²) in [4.78, 5) is 35.9. The number of aliphatic hydroxyl groups is 5. The average molecular weight is 961 g/mol. The van der Waals surface area contributed by atoms with Crippen LogP contribution in [-0.2, 0) is 32.7 Å². The van der Waals surface area contributed by atoms with Crippen LogP contribution in [0.1, 0.15) is 239 Å². The van der Waals surface area contributed by atoms with Crippen LogP contribution in [-0.4, -0.2) is 98.3 Å². The van der Waals surface area contributed by atoms with Gasteiger partial charge in [0, 0.05) is 12.8 Å². The number of phosphoric acid groups is 1. The van der Waals surface area contributed by atoms with Crippen molar-refractivity contribution in [3.63, 3.8) is 0 Å². The third-order valence-electron chi connectivity index (χ3n) is 12.5. The molecule has 66 heavy (non-hydrogen) atoms. The number of unbranched alkanes of at least 4 members (excludes halogenated alkanes) is 29. The summed E-state index contributed by atoms with van der Waals surface area (Å²) in [6, 6.07) is 0. The fraction of sp³-hybridized carbons (Fsp3) is 0.885. The van der Waals surface area contributed by atoms with E-state index in [4.69, 9.17) is 18.5 Å². The van der Waals surface area contributed by atoms with Gasteiger partial charge in [-0.15, -0.1) is 0 Å². The van der Waals surface area contributed by atoms with Crippen molar-refractivity contribution in [1.29, 1.82) is 0 Å². The lowest BCUT2D eigenvalue weighted by Gasteiger charge is -2.41. The molecule has 1 aliphatic rings. The summed E-state index contributed by atoms with van der Waals surface area (Å²) in [6.07, 6.45) is 35.0. The zero-order valence-corrected chi connectivity index (χ0v) is 42.4. The molecule has 1 rings (SSSR count). The van der Waals surface area contributed by atoms with E-state index in [0.29, 0.717) is 12.8 Å². The van der Waals surface area contributed by atoms with Crippen molar-refractivity contribution in [2.45, 2.75) is 281 Å². The van der Waals surface area contributed by atoms with E-state index in [0.717, 1.165) is 57.8 Å². The van der Waals surface area contributed by atoms with Gasteiger partial charge in [-0.25, -0.2) is 4.57 Å². The second-order valence-corrected chi connectivity index (χ2v) is 20.1. The maximum atomic E-state index is 12.9. The third kappa shape index (κ3) is 33.8. The van der Waals surface area contributed by atoms with Crippen LogP contribution in [0.3, 0.4) is 0 Å². The Bertz CT molecular complexity index is 1250. The minimum Gasteiger partial charge on any atom is -0.462 e. The number of esters is 2. The topological polar surface area (TPSA) is 210 Å². The molecular formula is C52H97O13P. The van der Waals surface area contributed by atoms with Crippen molar-refractivity contribution in [3.8, 4) is 0 Å². The molecule has 1 aliphatic carbocycles. The van der Waals surface area contributed by atoms with Gasteiger partial charge in [0.05, 0.1) is 6.61 Å². The molecule has 1 fully saturated rings. The Hall–Kier alpha value is -1.67. The van der Waals surface area contributed by atoms with Gasteiger partial charge in [-0.3, -0.25) is 18.6 Å². The minimum atomic E-state index is -5.12. The van der Waals surface area contributed by atoms with Crippen molar-refractivity contribution in [2.24, 2.45) is 0 Å². The Labute approximate surface area is 400 Å². The first-order chi connectivity index (χ1) is 31.9. The highest BCUT2D eigenvalue weighted by Crippen LogP contribution is 2.47. The molecule has 0 saturated heterocycles. The van der Waals surface area contributed by atoms with E-state index >= 15 is 0 Å². The van der Waals surface area contributed by atoms with Gasteiger partial charge in [-0.2, -0.15) is 0 Å². The quantitative estimate of drug-likeness (QED) is 0.0145. The second kappa shape index (κ2) is 42.2. The first kappa shape index (κ1) is 62.3. The summed E-state index contributed by atoms with van der Waals surface area (Å²) in [6.45, 7) is 3.32. The lowest BCUT2D eigenvalue weighted by Crippen LogP contribution is -2.64. The standard InChI is InChI=1S/C52H97O13P/c1-3-5-7-9-11-13-15-17-19-21-23-25-27-29-31-33-35-37-39-41-46(54)64-44(43-63-66(60,61)65-52-50(58)48(56)47(55)49(57)51(52)59)42-62-45(53)40-38-36-34-32-30-28-26-24-22-20-18-16-14-12-10-8-6-4-2/h11,13,17,19,44,47-52,55-59H,3-10,12,14-16,18,20-43H2,1-2H3,(H,60,61)/b13-11-,19-17-/t44-,47?,48-,49?,50?,51?,52?/m1/s1. The Morgan fingerprint density at radius 2 is 0.818 bits per heavy atom. The van der Waals surface area contributed by atoms with Crippen LogP contribution in [0.25, 0.3) is 0 Å². The average Bonchev–Trinajstić information content (AvgIpc) is 3.30. The molecule has 6 unspecified atom stereocenters. The smallest absolute Gasteiger partial charge is 0.462 e. The summed E-state index contributed by atoms with van der Waals surface area (Å²) in [5.74, 6) is -1.09. The minimum absolute atomic E-state index is 0.0950. The molecule has 388 valence electrons. The number of hydrogen-bond acceptors (Lipinski definition) is 12. The number of allylic oxidation sites excluding steroid dienone is 4. The number of carbonyl (C=O) groups is 2. The number of hydrogen-bond donors (Lipinski definition) is 6. The Balaban J connectivity index is 2.38. The van der Waals surface area contributed by atoms with Gasteiger partial charge in [-0.1, -0.05) is 205 Å². The van der Waals surface area contributed by atoms with E-state index < -0.39 is 75.7 Å². The number of ether oxygens (including phenoxy) is 2. The predicted octanol–water partition coefficient (Wildman–Crippen LogP) is 11.6. The molecule has 0 spiro atoms. The molecule has 0 aliphatic heterocycles. The van der Waals surface area contributed by atoms with Gasteiger partial charge in [0.2, 0.25) is 0 Å². The number of rotatable bonds is 45. The molecule has 13 nitrogen and oxygen atoms in total. The summed E-state index contributed by atoms with van der Waals surface area (Å²) in [5, 5.41) is 50.3. The third-order valence-corrected chi connectivity index (χ3v) is 13.5. The van der Waals surface area contributed by atoms with Crippen molar-refractivity contribution in [3.05, 3.63) is 24.3 Å². The van der Waals surface area contributed by atoms with Crippen molar-refractivity contribution < 1.29 is 63.1 Å². The van der Waals surface area contributed by atoms with E-state index in [1.165, 1.54) is 141 Å². The maximum Gasteiger partial charge on any atom is 0.472 e. The highest BCUT2D eigenvalue weighted by Gasteiger charge is 2.51. The van der Waals surface area contributed by atoms with E-state index in [-0.39, 0.29) is 12.8 Å². The van der Waals surface area contributed by atoms with E-state index in [2.05, 4.69) is 38.2 Å². The Morgan fingerprint density at radius 3 is 1.26 bits per heavy atom. The largest absolute Gasteiger partial charge is 0.472 e. The highest BCUT2D eigenvalue weighted by atomic mass is 31.2. The normalized spacial score (nSPS) is 21.4. The van der Waals surface area contributed by atoms with Gasteiger partial charge in [0.1, 0.15) is 43.2 Å². The van der Waals surface area contributed by atoms with Crippen LogP contribution in [0.5, 0.6) is 0 Å². The molecule has 0 heterocycles. The monoisotopic (exact) mass is 961 g/mol. The van der Waals surface area contributed by atoms with Gasteiger partial charge in [-0.05, 0) is 44.9 Å². The van der Waals surface area contributed by atoms with Crippen molar-refractivity contribution in [2.75, 3.05) is 13.2 Å². The van der Waals surface area contributed by atoms with Crippen LogP contribution in [0.15, 0.2) is 24.3 Å². The SMILES string of the molecule is CCCCC/C=C\C/C=C\CCCCCCCCCCCC(=O)O[C@H](COC(=O)CCCCCCCCCCCCCCCCCCCC)COP(=O)(O)OC1C(O)C(O)C(O)[C@@H](O)C1O. The lowest BCUT2D eigenvalue weighted by molar-refractivity contribution is -0.220. The fourth-order valence-electron chi connectivity index (χ4n) is 8.26. The molecule has 6 N–H and O–H groups in total. The lowest BCUT2D eigenvalue weighted by atomic mass is 9.85. The van der Waals surface area contributed by atoms with Crippen LogP contribution < -0.4 is 0 Å². The number of carbonyl (C=O) groups excluding carboxylic acids is 2. The highest BCUT2D eigenvalue weighted by molar-refractivity contribution is 7.47. The predicted molar refractivity (Wildman–Crippen MR) is 263 cm³/mol. The van der Waals surface area contributed by atoms with Gasteiger partial charge in [0.25, 0.3) is 0 Å². The summed E-state index contributed by atoms with van der Waals surface area (Å²) >= 11 is 0. The van der Waals surface area contributed by atoms with Crippen LogP contribution in [0, 0.1) is 0 Å². The molecule has 8 atom stereocenters. The second-order valence-electron chi connectivity index (χ2n) is 18.7. The molecule has 0 amide bonds. The first-order valence-electron chi connectivity index (χ1n) is 26.6. The molecule has 0 aromatic rings. The van der Waals surface area contributed by atoms with Crippen LogP contribution in [0.4, 0.5) is 0 Å². The zero-order valence-electron chi connectivity index (χ0n) is 41.5. The Kier molecular flexibility index (Phi) is 39.9. The van der Waals surface area contributed by atoms with E-state index in [9.17, 15) is 44.6 Å². The molecule has 14 heteroatoms. The summed E-state index contributed by atoms with van der Waals surface area (Å²) < 4.78 is 33.7. The number of aliphatic hydroxyl groups excluding tert-OH is 5. The van der Waals surface area contributed by atoms with E-state index in [1.54, 1.807) is 0 Å². The van der Waals surface area contributed by atoms with Gasteiger partial charge < -0.3 is 39.9 Å². The first-order valence-corrected chi connectivity index (χ1v) is 28.1. The summed E-state index contributed by atoms with van der Waals surface area (Å²) in [5.41, 5.74) is 0. The zero-order chi connectivity index (χ0) is 48.5. The van der Waals surface area contributed by atoms with E-state index in [1.807, 2.05) is 0 Å². The summed E-state index contributed by atoms with van der Waals surface area (Å²) in [7, 11) is -5.12. The molecule has 0 aromatic carbocycles. The van der Waals surface area contributed by atoms with Crippen LogP contribution in [0.2, 0.25) is 0 Å². The van der Waals surface area contributed by atoms with Gasteiger partial charge >= 0.3 is 19.8 Å². The molecule has 0 aromatic heterocycles. The number of phosphoric ester groups is 1. The van der Waals surface area contributed by atoms with Crippen LogP contribution >= 0.6 is 7.82 Å². The Morgan fingerprint density at radius 1 is 0.470 bits per heavy atom. The van der Waals surface area contributed by atoms with Crippen molar-refractivity contribution in [1.82, 2.24) is 0 Å². The molecule has 0 radical (unpaired) electrons. The molecule has 0 bridgehead atoms. The maximum absolute atomic E-state index is 12.9. The molecule has 1 saturated carbocycles. The molecular weight excluding hydrogens is 864 g/mol. The van der Waals surface area contributed by atoms with Crippen molar-refractivity contribution >= 4 is 19.8 Å². The van der Waals surface area contributed by atoms with Gasteiger partial charge in [0.15, 0.2) is 6.10 Å². The fourth-order valence-corrected chi connectivity index (χ4v) is 9.23.